The van der Waals surface area contributed by atoms with E-state index in [4.69, 9.17) is 4.74 Å². The molecule has 1 heterocycles. The summed E-state index contributed by atoms with van der Waals surface area (Å²) in [5, 5.41) is 0. The van der Waals surface area contributed by atoms with E-state index in [2.05, 4.69) is 6.92 Å². The molecule has 19 heavy (non-hydrogen) atoms. The summed E-state index contributed by atoms with van der Waals surface area (Å²) in [6, 6.07) is 6.61. The Bertz CT molecular complexity index is 383. The van der Waals surface area contributed by atoms with E-state index in [1.165, 1.54) is 38.5 Å². The average Bonchev–Trinajstić information content (AvgIpc) is 2.40. The fraction of sp³-hybridized carbons (Fsp3) is 0.625. The van der Waals surface area contributed by atoms with Gasteiger partial charge in [0.15, 0.2) is 11.6 Å². The summed E-state index contributed by atoms with van der Waals surface area (Å²) in [5.41, 5.74) is 0. The Balaban J connectivity index is 1.58. The highest BCUT2D eigenvalue weighted by Gasteiger charge is 2.18. The van der Waals surface area contributed by atoms with Gasteiger partial charge in [0.05, 0.1) is 26.2 Å². The van der Waals surface area contributed by atoms with Crippen LogP contribution in [0.3, 0.4) is 0 Å². The van der Waals surface area contributed by atoms with Crippen molar-refractivity contribution in [3.05, 3.63) is 30.1 Å². The first-order valence-corrected chi connectivity index (χ1v) is 7.46. The maximum atomic E-state index is 13.3. The minimum atomic E-state index is -0.266. The molecule has 1 aliphatic rings. The Morgan fingerprint density at radius 1 is 1.32 bits per heavy atom. The van der Waals surface area contributed by atoms with Crippen LogP contribution < -0.4 is 9.64 Å². The third-order valence-corrected chi connectivity index (χ3v) is 3.88. The van der Waals surface area contributed by atoms with Crippen molar-refractivity contribution in [1.29, 1.82) is 0 Å². The second-order valence-corrected chi connectivity index (χ2v) is 5.69. The molecule has 0 radical (unpaired) electrons. The molecule has 106 valence electrons. The van der Waals surface area contributed by atoms with Crippen LogP contribution in [0.15, 0.2) is 24.3 Å². The number of para-hydroxylation sites is 1. The van der Waals surface area contributed by atoms with Gasteiger partial charge in [0.2, 0.25) is 0 Å². The van der Waals surface area contributed by atoms with Crippen LogP contribution in [0.1, 0.15) is 32.6 Å². The number of quaternary nitrogens is 1. The summed E-state index contributed by atoms with van der Waals surface area (Å²) in [6.07, 6.45) is 4.92. The summed E-state index contributed by atoms with van der Waals surface area (Å²) in [5.74, 6) is 0.984. The normalized spacial score (nSPS) is 23.3. The van der Waals surface area contributed by atoms with E-state index in [1.807, 2.05) is 0 Å². The first-order chi connectivity index (χ1) is 9.25. The molecule has 1 N–H and O–H groups in total. The average molecular weight is 266 g/mol. The highest BCUT2D eigenvalue weighted by atomic mass is 19.1. The predicted molar refractivity (Wildman–Crippen MR) is 75.1 cm³/mol. The number of halogens is 1. The number of nitrogens with one attached hydrogen (secondary N) is 1. The summed E-state index contributed by atoms with van der Waals surface area (Å²) in [7, 11) is 0. The monoisotopic (exact) mass is 266 g/mol. The molecule has 0 aromatic heterocycles. The number of likely N-dealkylation sites (tertiary alicyclic amines) is 1. The van der Waals surface area contributed by atoms with Gasteiger partial charge in [0.25, 0.3) is 0 Å². The first kappa shape index (κ1) is 14.3. The molecule has 0 aliphatic carbocycles. The zero-order valence-electron chi connectivity index (χ0n) is 11.8. The van der Waals surface area contributed by atoms with Gasteiger partial charge in [0.1, 0.15) is 0 Å². The van der Waals surface area contributed by atoms with Crippen LogP contribution in [-0.2, 0) is 0 Å². The van der Waals surface area contributed by atoms with Crippen molar-refractivity contribution in [2.75, 3.05) is 26.2 Å². The van der Waals surface area contributed by atoms with Gasteiger partial charge in [-0.05, 0) is 37.8 Å². The lowest BCUT2D eigenvalue weighted by molar-refractivity contribution is -0.908. The van der Waals surface area contributed by atoms with Crippen molar-refractivity contribution in [1.82, 2.24) is 0 Å². The van der Waals surface area contributed by atoms with Crippen LogP contribution in [0.5, 0.6) is 5.75 Å². The maximum absolute atomic E-state index is 13.3. The summed E-state index contributed by atoms with van der Waals surface area (Å²) in [4.78, 5) is 1.73. The van der Waals surface area contributed by atoms with Crippen molar-refractivity contribution in [3.63, 3.8) is 0 Å². The van der Waals surface area contributed by atoms with Crippen molar-refractivity contribution in [3.8, 4) is 5.75 Å². The van der Waals surface area contributed by atoms with Crippen LogP contribution in [0, 0.1) is 11.7 Å². The van der Waals surface area contributed by atoms with E-state index >= 15 is 0 Å². The number of hydrogen-bond donors (Lipinski definition) is 1. The molecule has 0 bridgehead atoms. The number of rotatable bonds is 6. The van der Waals surface area contributed by atoms with Gasteiger partial charge in [-0.1, -0.05) is 19.1 Å². The van der Waals surface area contributed by atoms with Crippen molar-refractivity contribution >= 4 is 0 Å². The van der Waals surface area contributed by atoms with Crippen LogP contribution in [0.2, 0.25) is 0 Å². The summed E-state index contributed by atoms with van der Waals surface area (Å²) >= 11 is 0. The van der Waals surface area contributed by atoms with Gasteiger partial charge in [-0.15, -0.1) is 0 Å². The lowest BCUT2D eigenvalue weighted by atomic mass is 10.0. The summed E-state index contributed by atoms with van der Waals surface area (Å²) in [6.45, 7) is 6.82. The molecule has 1 aromatic carbocycles. The highest BCUT2D eigenvalue weighted by Crippen LogP contribution is 2.15. The molecule has 1 aromatic rings. The smallest absolute Gasteiger partial charge is 0.165 e. The summed E-state index contributed by atoms with van der Waals surface area (Å²) < 4.78 is 18.8. The molecular formula is C16H25FNO+. The molecule has 1 aliphatic heterocycles. The molecule has 1 saturated heterocycles. The molecule has 2 atom stereocenters. The third-order valence-electron chi connectivity index (χ3n) is 3.88. The van der Waals surface area contributed by atoms with E-state index in [0.29, 0.717) is 12.4 Å². The van der Waals surface area contributed by atoms with E-state index in [0.717, 1.165) is 18.8 Å². The Hall–Kier alpha value is -1.09. The van der Waals surface area contributed by atoms with Gasteiger partial charge < -0.3 is 9.64 Å². The van der Waals surface area contributed by atoms with Crippen LogP contribution in [0.25, 0.3) is 0 Å². The zero-order valence-corrected chi connectivity index (χ0v) is 11.8. The van der Waals surface area contributed by atoms with Crippen LogP contribution >= 0.6 is 0 Å². The Morgan fingerprint density at radius 2 is 2.16 bits per heavy atom. The second kappa shape index (κ2) is 7.49. The number of benzene rings is 1. The Labute approximate surface area is 115 Å². The van der Waals surface area contributed by atoms with E-state index in [9.17, 15) is 4.39 Å². The molecule has 1 unspecified atom stereocenters. The lowest BCUT2D eigenvalue weighted by Crippen LogP contribution is -3.13. The highest BCUT2D eigenvalue weighted by molar-refractivity contribution is 5.23. The largest absolute Gasteiger partial charge is 0.491 e. The van der Waals surface area contributed by atoms with Crippen LogP contribution in [0.4, 0.5) is 4.39 Å². The maximum Gasteiger partial charge on any atom is 0.165 e. The molecule has 1 fully saturated rings. The SMILES string of the molecule is C[C@H]1CCC[NH+](CCCCOc2ccccc2F)C1. The molecule has 3 heteroatoms. The van der Waals surface area contributed by atoms with E-state index in [-0.39, 0.29) is 5.82 Å². The first-order valence-electron chi connectivity index (χ1n) is 7.46. The zero-order chi connectivity index (χ0) is 13.5. The van der Waals surface area contributed by atoms with Gasteiger partial charge in [-0.3, -0.25) is 0 Å². The van der Waals surface area contributed by atoms with Gasteiger partial charge in [-0.25, -0.2) is 4.39 Å². The van der Waals surface area contributed by atoms with Crippen LogP contribution in [-0.4, -0.2) is 26.2 Å². The lowest BCUT2D eigenvalue weighted by Gasteiger charge is -2.27. The van der Waals surface area contributed by atoms with Gasteiger partial charge in [0, 0.05) is 5.92 Å². The Kier molecular flexibility index (Phi) is 5.64. The predicted octanol–water partition coefficient (Wildman–Crippen LogP) is 2.30. The Morgan fingerprint density at radius 3 is 2.95 bits per heavy atom. The van der Waals surface area contributed by atoms with Gasteiger partial charge in [-0.2, -0.15) is 0 Å². The topological polar surface area (TPSA) is 13.7 Å². The van der Waals surface area contributed by atoms with Crippen molar-refractivity contribution in [2.45, 2.75) is 32.6 Å². The number of piperidine rings is 1. The van der Waals surface area contributed by atoms with E-state index in [1.54, 1.807) is 23.1 Å². The standard InChI is InChI=1S/C16H24FNO/c1-14-7-6-11-18(13-14)10-4-5-12-19-16-9-3-2-8-15(16)17/h2-3,8-9,14H,4-7,10-13H2,1H3/p+1/t14-/m0/s1. The molecular weight excluding hydrogens is 241 g/mol. The third kappa shape index (κ3) is 4.83. The van der Waals surface area contributed by atoms with Crippen molar-refractivity contribution in [2.24, 2.45) is 5.92 Å². The molecule has 0 spiro atoms. The van der Waals surface area contributed by atoms with Crippen molar-refractivity contribution < 1.29 is 14.0 Å². The minimum absolute atomic E-state index is 0.266. The molecule has 2 rings (SSSR count). The number of unbranched alkanes of at least 4 members (excludes halogenated alkanes) is 1. The quantitative estimate of drug-likeness (QED) is 0.780. The molecule has 0 amide bonds. The fourth-order valence-corrected chi connectivity index (χ4v) is 2.85. The van der Waals surface area contributed by atoms with E-state index < -0.39 is 0 Å². The number of hydrogen-bond acceptors (Lipinski definition) is 1. The second-order valence-electron chi connectivity index (χ2n) is 5.69. The minimum Gasteiger partial charge on any atom is -0.491 e. The number of ether oxygens (including phenoxy) is 1. The molecule has 0 saturated carbocycles. The fourth-order valence-electron chi connectivity index (χ4n) is 2.85. The van der Waals surface area contributed by atoms with Gasteiger partial charge >= 0.3 is 0 Å². The molecule has 2 nitrogen and oxygen atoms in total.